The van der Waals surface area contributed by atoms with E-state index in [0.29, 0.717) is 29.2 Å². The minimum Gasteiger partial charge on any atom is -0.368 e. The fourth-order valence-electron chi connectivity index (χ4n) is 2.75. The number of anilines is 2. The molecule has 10 heteroatoms. The summed E-state index contributed by atoms with van der Waals surface area (Å²) in [6.07, 6.45) is 1.93. The zero-order valence-electron chi connectivity index (χ0n) is 16.8. The molecule has 0 atom stereocenters. The van der Waals surface area contributed by atoms with Gasteiger partial charge in [0.2, 0.25) is 11.9 Å². The topological polar surface area (TPSA) is 103 Å². The number of rotatable bonds is 7. The quantitative estimate of drug-likeness (QED) is 0.460. The second-order valence-corrected chi connectivity index (χ2v) is 8.91. The van der Waals surface area contributed by atoms with E-state index in [1.54, 1.807) is 20.8 Å². The van der Waals surface area contributed by atoms with Crippen molar-refractivity contribution in [2.24, 2.45) is 0 Å². The van der Waals surface area contributed by atoms with Gasteiger partial charge in [-0.3, -0.25) is 9.36 Å². The number of nitrogens with zero attached hydrogens (tertiary/aromatic N) is 6. The monoisotopic (exact) mass is 419 g/mol. The highest BCUT2D eigenvalue weighted by Crippen LogP contribution is 2.29. The highest BCUT2D eigenvalue weighted by molar-refractivity contribution is 7.98. The van der Waals surface area contributed by atoms with Crippen LogP contribution in [0.1, 0.15) is 36.0 Å². The van der Waals surface area contributed by atoms with Crippen LogP contribution in [0.4, 0.5) is 11.9 Å². The Morgan fingerprint density at radius 3 is 2.61 bits per heavy atom. The fraction of sp³-hybridized carbons (Fsp3) is 0.500. The first-order valence-electron chi connectivity index (χ1n) is 9.12. The van der Waals surface area contributed by atoms with Gasteiger partial charge in [0.1, 0.15) is 10.7 Å². The van der Waals surface area contributed by atoms with Gasteiger partial charge in [-0.25, -0.2) is 4.98 Å². The summed E-state index contributed by atoms with van der Waals surface area (Å²) < 4.78 is 1.78. The first kappa shape index (κ1) is 20.5. The van der Waals surface area contributed by atoms with E-state index in [4.69, 9.17) is 10.7 Å². The van der Waals surface area contributed by atoms with E-state index >= 15 is 0 Å². The Morgan fingerprint density at radius 1 is 1.18 bits per heavy atom. The van der Waals surface area contributed by atoms with Crippen LogP contribution in [-0.2, 0) is 12.3 Å². The molecule has 2 N–H and O–H groups in total. The molecule has 0 aliphatic heterocycles. The molecule has 0 aliphatic rings. The van der Waals surface area contributed by atoms with Gasteiger partial charge >= 0.3 is 0 Å². The largest absolute Gasteiger partial charge is 0.368 e. The Balaban J connectivity index is 1.99. The van der Waals surface area contributed by atoms with E-state index in [1.165, 1.54) is 11.8 Å². The van der Waals surface area contributed by atoms with Crippen LogP contribution in [0.25, 0.3) is 10.2 Å². The van der Waals surface area contributed by atoms with Gasteiger partial charge in [0, 0.05) is 25.5 Å². The van der Waals surface area contributed by atoms with Crippen LogP contribution < -0.4 is 16.2 Å². The van der Waals surface area contributed by atoms with Crippen LogP contribution in [0, 0.1) is 13.8 Å². The molecule has 0 fully saturated rings. The smallest absolute Gasteiger partial charge is 0.263 e. The summed E-state index contributed by atoms with van der Waals surface area (Å²) in [5.74, 6) is 1.72. The second-order valence-electron chi connectivity index (χ2n) is 6.76. The van der Waals surface area contributed by atoms with Gasteiger partial charge in [-0.2, -0.15) is 15.0 Å². The second kappa shape index (κ2) is 8.44. The van der Waals surface area contributed by atoms with Crippen molar-refractivity contribution in [3.63, 3.8) is 0 Å². The third-order valence-electron chi connectivity index (χ3n) is 4.41. The molecule has 3 rings (SSSR count). The van der Waals surface area contributed by atoms with Crippen molar-refractivity contribution in [1.82, 2.24) is 24.5 Å². The standard InChI is InChI=1S/C18H25N7OS2/c1-6-7-8-25-15(26)13-10(2)11(3)28-14(13)22-18(25)27-9-12-20-16(19)23-17(21-12)24(4)5/h6-9H2,1-5H3,(H2,19,20,21,23). The van der Waals surface area contributed by atoms with Crippen LogP contribution in [0.2, 0.25) is 0 Å². The van der Waals surface area contributed by atoms with E-state index in [-0.39, 0.29) is 11.5 Å². The predicted octanol–water partition coefficient (Wildman–Crippen LogP) is 3.00. The molecule has 3 heterocycles. The lowest BCUT2D eigenvalue weighted by Gasteiger charge is -2.13. The average Bonchev–Trinajstić information content (AvgIpc) is 2.93. The lowest BCUT2D eigenvalue weighted by Crippen LogP contribution is -2.23. The Kier molecular flexibility index (Phi) is 6.19. The normalized spacial score (nSPS) is 11.3. The van der Waals surface area contributed by atoms with Gasteiger partial charge in [-0.05, 0) is 25.8 Å². The minimum atomic E-state index is 0.0342. The number of thioether (sulfide) groups is 1. The van der Waals surface area contributed by atoms with E-state index in [0.717, 1.165) is 33.5 Å². The highest BCUT2D eigenvalue weighted by atomic mass is 32.2. The lowest BCUT2D eigenvalue weighted by atomic mass is 10.2. The van der Waals surface area contributed by atoms with Crippen molar-refractivity contribution in [1.29, 1.82) is 0 Å². The zero-order valence-corrected chi connectivity index (χ0v) is 18.4. The fourth-order valence-corrected chi connectivity index (χ4v) is 4.70. The minimum absolute atomic E-state index is 0.0342. The first-order chi connectivity index (χ1) is 13.3. The number of nitrogen functional groups attached to an aromatic ring is 1. The van der Waals surface area contributed by atoms with Crippen molar-refractivity contribution in [3.05, 3.63) is 26.6 Å². The van der Waals surface area contributed by atoms with Gasteiger partial charge < -0.3 is 10.6 Å². The molecule has 3 aromatic heterocycles. The Labute approximate surface area is 172 Å². The number of unbranched alkanes of at least 4 members (excludes halogenated alkanes) is 1. The molecule has 0 aliphatic carbocycles. The number of hydrogen-bond acceptors (Lipinski definition) is 9. The lowest BCUT2D eigenvalue weighted by molar-refractivity contribution is 0.558. The number of thiophene rings is 1. The number of fused-ring (bicyclic) bond motifs is 1. The molecule has 0 aromatic carbocycles. The molecule has 0 unspecified atom stereocenters. The van der Waals surface area contributed by atoms with Crippen molar-refractivity contribution in [2.45, 2.75) is 51.1 Å². The summed E-state index contributed by atoms with van der Waals surface area (Å²) in [5.41, 5.74) is 6.87. The van der Waals surface area contributed by atoms with Gasteiger partial charge in [0.25, 0.3) is 5.56 Å². The maximum Gasteiger partial charge on any atom is 0.263 e. The predicted molar refractivity (Wildman–Crippen MR) is 116 cm³/mol. The SMILES string of the molecule is CCCCn1c(SCc2nc(N)nc(N(C)C)n2)nc2sc(C)c(C)c2c1=O. The number of aryl methyl sites for hydroxylation is 2. The van der Waals surface area contributed by atoms with Crippen LogP contribution in [0.5, 0.6) is 0 Å². The molecule has 3 aromatic rings. The summed E-state index contributed by atoms with van der Waals surface area (Å²) in [6, 6.07) is 0. The van der Waals surface area contributed by atoms with Gasteiger partial charge in [-0.15, -0.1) is 11.3 Å². The van der Waals surface area contributed by atoms with Crippen LogP contribution in [-0.4, -0.2) is 38.6 Å². The third kappa shape index (κ3) is 4.12. The van der Waals surface area contributed by atoms with Crippen molar-refractivity contribution < 1.29 is 0 Å². The summed E-state index contributed by atoms with van der Waals surface area (Å²) in [5, 5.41) is 1.43. The highest BCUT2D eigenvalue weighted by Gasteiger charge is 2.17. The van der Waals surface area contributed by atoms with Crippen LogP contribution in [0.3, 0.4) is 0 Å². The zero-order chi connectivity index (χ0) is 20.4. The van der Waals surface area contributed by atoms with Crippen LogP contribution in [0.15, 0.2) is 9.95 Å². The van der Waals surface area contributed by atoms with Crippen molar-refractivity contribution in [2.75, 3.05) is 24.7 Å². The Hall–Kier alpha value is -2.20. The molecule has 8 nitrogen and oxygen atoms in total. The van der Waals surface area contributed by atoms with Gasteiger partial charge in [0.05, 0.1) is 11.1 Å². The summed E-state index contributed by atoms with van der Waals surface area (Å²) in [4.78, 5) is 34.4. The maximum atomic E-state index is 13.1. The summed E-state index contributed by atoms with van der Waals surface area (Å²) in [7, 11) is 3.70. The molecular weight excluding hydrogens is 394 g/mol. The van der Waals surface area contributed by atoms with E-state index in [2.05, 4.69) is 21.9 Å². The maximum absolute atomic E-state index is 13.1. The Bertz CT molecular complexity index is 1060. The molecular formula is C18H25N7OS2. The number of hydrogen-bond donors (Lipinski definition) is 1. The molecule has 28 heavy (non-hydrogen) atoms. The molecule has 0 radical (unpaired) electrons. The van der Waals surface area contributed by atoms with Crippen molar-refractivity contribution >= 4 is 45.2 Å². The van der Waals surface area contributed by atoms with Crippen LogP contribution >= 0.6 is 23.1 Å². The molecule has 150 valence electrons. The molecule has 0 saturated carbocycles. The summed E-state index contributed by atoms with van der Waals surface area (Å²) >= 11 is 3.02. The van der Waals surface area contributed by atoms with Gasteiger partial charge in [-0.1, -0.05) is 25.1 Å². The van der Waals surface area contributed by atoms with E-state index in [1.807, 2.05) is 27.9 Å². The third-order valence-corrected chi connectivity index (χ3v) is 6.48. The molecule has 0 spiro atoms. The number of aromatic nitrogens is 5. The molecule has 0 amide bonds. The van der Waals surface area contributed by atoms with Gasteiger partial charge in [0.15, 0.2) is 5.16 Å². The molecule has 0 bridgehead atoms. The first-order valence-corrected chi connectivity index (χ1v) is 10.9. The molecule has 0 saturated heterocycles. The average molecular weight is 420 g/mol. The van der Waals surface area contributed by atoms with Crippen molar-refractivity contribution in [3.8, 4) is 0 Å². The van der Waals surface area contributed by atoms with E-state index in [9.17, 15) is 4.79 Å². The Morgan fingerprint density at radius 2 is 1.93 bits per heavy atom. The summed E-state index contributed by atoms with van der Waals surface area (Å²) in [6.45, 7) is 6.78. The number of nitrogens with two attached hydrogens (primary N) is 1. The van der Waals surface area contributed by atoms with E-state index < -0.39 is 0 Å².